The van der Waals surface area contributed by atoms with Gasteiger partial charge in [-0.3, -0.25) is 0 Å². The van der Waals surface area contributed by atoms with E-state index in [1.807, 2.05) is 50.2 Å². The van der Waals surface area contributed by atoms with Gasteiger partial charge in [0.15, 0.2) is 0 Å². The topological polar surface area (TPSA) is 49.9 Å². The number of anilines is 1. The molecule has 1 fully saturated rings. The van der Waals surface area contributed by atoms with Crippen molar-refractivity contribution in [3.05, 3.63) is 54.1 Å². The van der Waals surface area contributed by atoms with Crippen molar-refractivity contribution < 1.29 is 13.2 Å². The van der Waals surface area contributed by atoms with E-state index in [0.717, 1.165) is 17.0 Å². The zero-order valence-electron chi connectivity index (χ0n) is 14.7. The highest BCUT2D eigenvalue weighted by molar-refractivity contribution is 7.89. The Morgan fingerprint density at radius 1 is 0.920 bits per heavy atom. The Hall–Kier alpha value is -2.05. The molecule has 25 heavy (non-hydrogen) atoms. The number of hydrogen-bond acceptors (Lipinski definition) is 4. The quantitative estimate of drug-likeness (QED) is 0.823. The fraction of sp³-hybridized carbons (Fsp3) is 0.368. The third kappa shape index (κ3) is 3.96. The second-order valence-corrected chi connectivity index (χ2v) is 8.07. The molecular formula is C19H24N2O3S. The van der Waals surface area contributed by atoms with Crippen molar-refractivity contribution in [3.8, 4) is 5.75 Å². The van der Waals surface area contributed by atoms with Crippen LogP contribution in [0.3, 0.4) is 0 Å². The van der Waals surface area contributed by atoms with E-state index in [2.05, 4.69) is 4.90 Å². The third-order valence-corrected chi connectivity index (χ3v) is 6.32. The average Bonchev–Trinajstić information content (AvgIpc) is 2.63. The van der Waals surface area contributed by atoms with Gasteiger partial charge in [0.2, 0.25) is 10.0 Å². The fourth-order valence-electron chi connectivity index (χ4n) is 2.97. The van der Waals surface area contributed by atoms with E-state index >= 15 is 0 Å². The van der Waals surface area contributed by atoms with Crippen LogP contribution in [0, 0.1) is 6.92 Å². The van der Waals surface area contributed by atoms with E-state index in [9.17, 15) is 8.42 Å². The van der Waals surface area contributed by atoms with E-state index in [1.165, 1.54) is 0 Å². The van der Waals surface area contributed by atoms with Gasteiger partial charge in [-0.25, -0.2) is 8.42 Å². The van der Waals surface area contributed by atoms with Crippen LogP contribution in [0.4, 0.5) is 5.69 Å². The van der Waals surface area contributed by atoms with Crippen molar-refractivity contribution in [2.45, 2.75) is 18.7 Å². The van der Waals surface area contributed by atoms with Crippen molar-refractivity contribution in [2.24, 2.45) is 0 Å². The van der Waals surface area contributed by atoms with E-state index in [1.54, 1.807) is 16.4 Å². The summed E-state index contributed by atoms with van der Waals surface area (Å²) in [6, 6.07) is 15.0. The standard InChI is InChI=1S/C19H24N2O3S/c1-3-24-18-8-6-17(7-9-18)20-12-14-21(15-13-20)25(22,23)19-10-4-16(2)5-11-19/h4-11H,3,12-15H2,1-2H3. The highest BCUT2D eigenvalue weighted by atomic mass is 32.2. The Bertz CT molecular complexity index is 794. The van der Waals surface area contributed by atoms with Gasteiger partial charge in [0.05, 0.1) is 11.5 Å². The summed E-state index contributed by atoms with van der Waals surface area (Å²) in [5, 5.41) is 0. The molecule has 6 heteroatoms. The second-order valence-electron chi connectivity index (χ2n) is 6.13. The minimum Gasteiger partial charge on any atom is -0.494 e. The van der Waals surface area contributed by atoms with E-state index in [0.29, 0.717) is 37.7 Å². The predicted molar refractivity (Wildman–Crippen MR) is 99.8 cm³/mol. The molecule has 3 rings (SSSR count). The number of benzene rings is 2. The van der Waals surface area contributed by atoms with Crippen LogP contribution in [0.25, 0.3) is 0 Å². The maximum absolute atomic E-state index is 12.7. The van der Waals surface area contributed by atoms with Crippen molar-refractivity contribution >= 4 is 15.7 Å². The normalized spacial score (nSPS) is 16.0. The molecule has 0 bridgehead atoms. The van der Waals surface area contributed by atoms with Gasteiger partial charge in [0, 0.05) is 31.9 Å². The number of hydrogen-bond donors (Lipinski definition) is 0. The molecule has 134 valence electrons. The molecule has 0 N–H and O–H groups in total. The molecule has 0 saturated carbocycles. The van der Waals surface area contributed by atoms with Crippen molar-refractivity contribution in [2.75, 3.05) is 37.7 Å². The van der Waals surface area contributed by atoms with Crippen LogP contribution in [0.2, 0.25) is 0 Å². The van der Waals surface area contributed by atoms with Gasteiger partial charge >= 0.3 is 0 Å². The summed E-state index contributed by atoms with van der Waals surface area (Å²) in [4.78, 5) is 2.57. The maximum Gasteiger partial charge on any atom is 0.243 e. The third-order valence-electron chi connectivity index (χ3n) is 4.41. The molecule has 1 aliphatic heterocycles. The summed E-state index contributed by atoms with van der Waals surface area (Å²) in [5.74, 6) is 0.854. The maximum atomic E-state index is 12.7. The molecule has 1 saturated heterocycles. The Morgan fingerprint density at radius 3 is 2.08 bits per heavy atom. The second kappa shape index (κ2) is 7.45. The number of rotatable bonds is 5. The Balaban J connectivity index is 1.65. The van der Waals surface area contributed by atoms with E-state index in [-0.39, 0.29) is 0 Å². The molecule has 0 radical (unpaired) electrons. The van der Waals surface area contributed by atoms with Crippen LogP contribution in [0.15, 0.2) is 53.4 Å². The number of nitrogens with zero attached hydrogens (tertiary/aromatic N) is 2. The van der Waals surface area contributed by atoms with Crippen LogP contribution < -0.4 is 9.64 Å². The molecule has 1 aliphatic rings. The molecule has 0 aliphatic carbocycles. The molecule has 0 aromatic heterocycles. The molecule has 0 unspecified atom stereocenters. The molecular weight excluding hydrogens is 336 g/mol. The average molecular weight is 360 g/mol. The van der Waals surface area contributed by atoms with Gasteiger partial charge < -0.3 is 9.64 Å². The first kappa shape index (κ1) is 17.8. The SMILES string of the molecule is CCOc1ccc(N2CCN(S(=O)(=O)c3ccc(C)cc3)CC2)cc1. The largest absolute Gasteiger partial charge is 0.494 e. The lowest BCUT2D eigenvalue weighted by atomic mass is 10.2. The summed E-state index contributed by atoms with van der Waals surface area (Å²) in [5.41, 5.74) is 2.15. The number of piperazine rings is 1. The summed E-state index contributed by atoms with van der Waals surface area (Å²) >= 11 is 0. The zero-order valence-corrected chi connectivity index (χ0v) is 15.5. The van der Waals surface area contributed by atoms with Crippen LogP contribution in [-0.2, 0) is 10.0 Å². The lowest BCUT2D eigenvalue weighted by molar-refractivity contribution is 0.340. The Labute approximate surface area is 149 Å². The zero-order chi connectivity index (χ0) is 17.9. The monoisotopic (exact) mass is 360 g/mol. The fourth-order valence-corrected chi connectivity index (χ4v) is 4.39. The van der Waals surface area contributed by atoms with Crippen LogP contribution in [0.1, 0.15) is 12.5 Å². The minimum atomic E-state index is -3.41. The molecule has 0 amide bonds. The molecule has 1 heterocycles. The summed E-state index contributed by atoms with van der Waals surface area (Å²) in [7, 11) is -3.41. The Morgan fingerprint density at radius 2 is 1.52 bits per heavy atom. The smallest absolute Gasteiger partial charge is 0.243 e. The van der Waals surface area contributed by atoms with Crippen molar-refractivity contribution in [3.63, 3.8) is 0 Å². The minimum absolute atomic E-state index is 0.368. The number of sulfonamides is 1. The van der Waals surface area contributed by atoms with Gasteiger partial charge in [-0.15, -0.1) is 0 Å². The summed E-state index contributed by atoms with van der Waals surface area (Å²) in [6.45, 7) is 6.90. The lowest BCUT2D eigenvalue weighted by Crippen LogP contribution is -2.48. The van der Waals surface area contributed by atoms with Crippen LogP contribution in [-0.4, -0.2) is 45.5 Å². The van der Waals surface area contributed by atoms with Crippen molar-refractivity contribution in [1.82, 2.24) is 4.31 Å². The van der Waals surface area contributed by atoms with Gasteiger partial charge in [-0.1, -0.05) is 17.7 Å². The molecule has 0 spiro atoms. The predicted octanol–water partition coefficient (Wildman–Crippen LogP) is 2.90. The summed E-state index contributed by atoms with van der Waals surface area (Å²) in [6.07, 6.45) is 0. The molecule has 2 aromatic rings. The number of aryl methyl sites for hydroxylation is 1. The lowest BCUT2D eigenvalue weighted by Gasteiger charge is -2.35. The highest BCUT2D eigenvalue weighted by Gasteiger charge is 2.28. The first-order valence-electron chi connectivity index (χ1n) is 8.55. The van der Waals surface area contributed by atoms with Crippen LogP contribution in [0.5, 0.6) is 5.75 Å². The number of ether oxygens (including phenoxy) is 1. The highest BCUT2D eigenvalue weighted by Crippen LogP contribution is 2.23. The molecule has 5 nitrogen and oxygen atoms in total. The first-order valence-corrected chi connectivity index (χ1v) is 9.99. The molecule has 2 aromatic carbocycles. The van der Waals surface area contributed by atoms with Crippen molar-refractivity contribution in [1.29, 1.82) is 0 Å². The van der Waals surface area contributed by atoms with Gasteiger partial charge in [0.1, 0.15) is 5.75 Å². The van der Waals surface area contributed by atoms with Crippen LogP contribution >= 0.6 is 0 Å². The van der Waals surface area contributed by atoms with E-state index in [4.69, 9.17) is 4.74 Å². The van der Waals surface area contributed by atoms with Gasteiger partial charge in [-0.05, 0) is 50.2 Å². The Kier molecular flexibility index (Phi) is 5.30. The molecule has 0 atom stereocenters. The first-order chi connectivity index (χ1) is 12.0. The van der Waals surface area contributed by atoms with Gasteiger partial charge in [-0.2, -0.15) is 4.31 Å². The van der Waals surface area contributed by atoms with Gasteiger partial charge in [0.25, 0.3) is 0 Å². The van der Waals surface area contributed by atoms with E-state index < -0.39 is 10.0 Å². The summed E-state index contributed by atoms with van der Waals surface area (Å²) < 4.78 is 32.5.